The number of hydrogen-bond donors (Lipinski definition) is 2. The zero-order valence-corrected chi connectivity index (χ0v) is 19.3. The fourth-order valence-electron chi connectivity index (χ4n) is 4.20. The molecule has 0 bridgehead atoms. The molecule has 7 nitrogen and oxygen atoms in total. The second kappa shape index (κ2) is 9.33. The number of carbonyl (C=O) groups is 2. The number of benzene rings is 2. The van der Waals surface area contributed by atoms with Crippen molar-refractivity contribution < 1.29 is 9.59 Å². The van der Waals surface area contributed by atoms with E-state index in [0.29, 0.717) is 22.8 Å². The predicted octanol–water partition coefficient (Wildman–Crippen LogP) is 5.19. The molecule has 4 aromatic rings. The van der Waals surface area contributed by atoms with Crippen LogP contribution in [0.1, 0.15) is 41.6 Å². The molecule has 1 fully saturated rings. The van der Waals surface area contributed by atoms with Gasteiger partial charge in [-0.1, -0.05) is 36.6 Å². The van der Waals surface area contributed by atoms with Gasteiger partial charge in [-0.25, -0.2) is 9.67 Å². The third-order valence-electron chi connectivity index (χ3n) is 5.93. The lowest BCUT2D eigenvalue weighted by Crippen LogP contribution is -2.28. The fraction of sp³-hybridized carbons (Fsp3) is 0.250. The molecule has 2 N–H and O–H groups in total. The lowest BCUT2D eigenvalue weighted by molar-refractivity contribution is -0.124. The molecular formula is C24H22ClN5O2S. The van der Waals surface area contributed by atoms with Gasteiger partial charge in [0.15, 0.2) is 0 Å². The van der Waals surface area contributed by atoms with Crippen molar-refractivity contribution in [3.05, 3.63) is 70.3 Å². The Kier molecular flexibility index (Phi) is 6.11. The van der Waals surface area contributed by atoms with E-state index in [1.165, 1.54) is 11.3 Å². The van der Waals surface area contributed by atoms with Crippen LogP contribution in [-0.2, 0) is 11.3 Å². The molecule has 5 rings (SSSR count). The first-order valence-electron chi connectivity index (χ1n) is 10.8. The zero-order chi connectivity index (χ0) is 22.8. The molecule has 1 saturated carbocycles. The quantitative estimate of drug-likeness (QED) is 0.398. The van der Waals surface area contributed by atoms with Crippen LogP contribution in [0.25, 0.3) is 16.0 Å². The summed E-state index contributed by atoms with van der Waals surface area (Å²) in [6.07, 6.45) is 7.56. The van der Waals surface area contributed by atoms with E-state index < -0.39 is 0 Å². The minimum atomic E-state index is -0.321. The van der Waals surface area contributed by atoms with Gasteiger partial charge in [-0.2, -0.15) is 5.10 Å². The van der Waals surface area contributed by atoms with Crippen molar-refractivity contribution in [3.63, 3.8) is 0 Å². The van der Waals surface area contributed by atoms with Gasteiger partial charge in [0.1, 0.15) is 0 Å². The largest absolute Gasteiger partial charge is 0.352 e. The fourth-order valence-corrected chi connectivity index (χ4v) is 5.01. The second-order valence-electron chi connectivity index (χ2n) is 8.08. The highest BCUT2D eigenvalue weighted by Crippen LogP contribution is 2.28. The lowest BCUT2D eigenvalue weighted by Gasteiger charge is -2.12. The number of rotatable bonds is 6. The molecule has 2 amide bonds. The Labute approximate surface area is 199 Å². The summed E-state index contributed by atoms with van der Waals surface area (Å²) in [6, 6.07) is 10.9. The molecule has 2 heterocycles. The molecule has 1 aliphatic rings. The minimum absolute atomic E-state index is 0.0809. The van der Waals surface area contributed by atoms with Gasteiger partial charge in [-0.3, -0.25) is 9.59 Å². The van der Waals surface area contributed by atoms with E-state index in [-0.39, 0.29) is 17.7 Å². The number of halogens is 1. The first-order valence-corrected chi connectivity index (χ1v) is 12.1. The van der Waals surface area contributed by atoms with Gasteiger partial charge >= 0.3 is 0 Å². The normalized spacial score (nSPS) is 14.0. The minimum Gasteiger partial charge on any atom is -0.352 e. The molecule has 0 unspecified atom stereocenters. The van der Waals surface area contributed by atoms with Gasteiger partial charge in [0, 0.05) is 29.4 Å². The van der Waals surface area contributed by atoms with E-state index in [2.05, 4.69) is 20.7 Å². The Morgan fingerprint density at radius 3 is 2.82 bits per heavy atom. The summed E-state index contributed by atoms with van der Waals surface area (Å²) in [5, 5.41) is 14.2. The highest BCUT2D eigenvalue weighted by atomic mass is 35.5. The molecule has 0 radical (unpaired) electrons. The topological polar surface area (TPSA) is 88.9 Å². The number of amides is 2. The average molecular weight is 480 g/mol. The number of anilines is 1. The van der Waals surface area contributed by atoms with Crippen LogP contribution in [0.3, 0.4) is 0 Å². The molecule has 0 saturated heterocycles. The summed E-state index contributed by atoms with van der Waals surface area (Å²) >= 11 is 7.83. The van der Waals surface area contributed by atoms with Crippen molar-refractivity contribution in [1.29, 1.82) is 0 Å². The molecule has 0 atom stereocenters. The molecule has 33 heavy (non-hydrogen) atoms. The highest BCUT2D eigenvalue weighted by Gasteiger charge is 2.22. The molecule has 168 valence electrons. The molecule has 0 spiro atoms. The number of fused-ring (bicyclic) bond motifs is 1. The summed E-state index contributed by atoms with van der Waals surface area (Å²) < 4.78 is 1.75. The van der Waals surface area contributed by atoms with Gasteiger partial charge in [0.25, 0.3) is 5.91 Å². The van der Waals surface area contributed by atoms with Crippen molar-refractivity contribution in [3.8, 4) is 5.13 Å². The Bertz CT molecular complexity index is 1310. The van der Waals surface area contributed by atoms with Gasteiger partial charge in [0.2, 0.25) is 11.0 Å². The SMILES string of the molecule is O=C(Nc1cccc2c1cnn2-c1nccs1)c1cc(CNC(=O)C2CCCC2)ccc1Cl. The molecule has 1 aliphatic carbocycles. The molecular weight excluding hydrogens is 458 g/mol. The Balaban J connectivity index is 1.34. The standard InChI is InChI=1S/C24H22ClN5O2S/c25-19-9-8-15(13-27-22(31)16-4-1-2-5-16)12-17(19)23(32)29-20-6-3-7-21-18(20)14-28-30(21)24-26-10-11-33-24/h3,6-12,14,16H,1-2,4-5,13H2,(H,27,31)(H,29,32). The van der Waals surface area contributed by atoms with E-state index >= 15 is 0 Å². The third-order valence-corrected chi connectivity index (χ3v) is 7.01. The lowest BCUT2D eigenvalue weighted by atomic mass is 10.1. The first kappa shape index (κ1) is 21.6. The van der Waals surface area contributed by atoms with Crippen LogP contribution >= 0.6 is 22.9 Å². The molecule has 2 aromatic carbocycles. The number of thiazole rings is 1. The van der Waals surface area contributed by atoms with Crippen LogP contribution in [0.2, 0.25) is 5.02 Å². The van der Waals surface area contributed by atoms with E-state index in [1.807, 2.05) is 29.6 Å². The van der Waals surface area contributed by atoms with E-state index in [4.69, 9.17) is 11.6 Å². The Hall–Kier alpha value is -3.23. The second-order valence-corrected chi connectivity index (χ2v) is 9.36. The number of carbonyl (C=O) groups excluding carboxylic acids is 2. The van der Waals surface area contributed by atoms with Crippen LogP contribution in [0.4, 0.5) is 5.69 Å². The van der Waals surface area contributed by atoms with E-state index in [9.17, 15) is 9.59 Å². The number of aromatic nitrogens is 3. The van der Waals surface area contributed by atoms with E-state index in [0.717, 1.165) is 47.3 Å². The van der Waals surface area contributed by atoms with Crippen molar-refractivity contribution in [2.75, 3.05) is 5.32 Å². The maximum absolute atomic E-state index is 13.1. The van der Waals surface area contributed by atoms with Crippen LogP contribution in [-0.4, -0.2) is 26.6 Å². The highest BCUT2D eigenvalue weighted by molar-refractivity contribution is 7.12. The molecule has 9 heteroatoms. The van der Waals surface area contributed by atoms with Crippen molar-refractivity contribution >= 4 is 51.3 Å². The summed E-state index contributed by atoms with van der Waals surface area (Å²) in [5.74, 6) is -0.137. The first-order chi connectivity index (χ1) is 16.1. The zero-order valence-electron chi connectivity index (χ0n) is 17.8. The van der Waals surface area contributed by atoms with Gasteiger partial charge in [-0.05, 0) is 42.7 Å². The van der Waals surface area contributed by atoms with Crippen LogP contribution < -0.4 is 10.6 Å². The molecule has 0 aliphatic heterocycles. The van der Waals surface area contributed by atoms with Gasteiger partial charge < -0.3 is 10.6 Å². The summed E-state index contributed by atoms with van der Waals surface area (Å²) in [4.78, 5) is 29.7. The monoisotopic (exact) mass is 479 g/mol. The van der Waals surface area contributed by atoms with Crippen molar-refractivity contribution in [2.24, 2.45) is 5.92 Å². The predicted molar refractivity (Wildman–Crippen MR) is 130 cm³/mol. The Morgan fingerprint density at radius 1 is 1.18 bits per heavy atom. The van der Waals surface area contributed by atoms with Crippen molar-refractivity contribution in [1.82, 2.24) is 20.1 Å². The maximum Gasteiger partial charge on any atom is 0.257 e. The average Bonchev–Trinajstić information content (AvgIpc) is 3.60. The number of nitrogens with zero attached hydrogens (tertiary/aromatic N) is 3. The Morgan fingerprint density at radius 2 is 2.03 bits per heavy atom. The van der Waals surface area contributed by atoms with Crippen LogP contribution in [0, 0.1) is 5.92 Å². The summed E-state index contributed by atoms with van der Waals surface area (Å²) in [5.41, 5.74) is 2.66. The van der Waals surface area contributed by atoms with Gasteiger partial charge in [0.05, 0.1) is 28.0 Å². The molecule has 2 aromatic heterocycles. The summed E-state index contributed by atoms with van der Waals surface area (Å²) in [6.45, 7) is 0.364. The smallest absolute Gasteiger partial charge is 0.257 e. The van der Waals surface area contributed by atoms with Crippen molar-refractivity contribution in [2.45, 2.75) is 32.2 Å². The van der Waals surface area contributed by atoms with Crippen LogP contribution in [0.5, 0.6) is 0 Å². The maximum atomic E-state index is 13.1. The number of nitrogens with one attached hydrogen (secondary N) is 2. The van der Waals surface area contributed by atoms with Gasteiger partial charge in [-0.15, -0.1) is 11.3 Å². The third kappa shape index (κ3) is 4.49. The van der Waals surface area contributed by atoms with E-state index in [1.54, 1.807) is 29.2 Å². The summed E-state index contributed by atoms with van der Waals surface area (Å²) in [7, 11) is 0. The van der Waals surface area contributed by atoms with Crippen LogP contribution in [0.15, 0.2) is 54.2 Å². The number of hydrogen-bond acceptors (Lipinski definition) is 5.